The Bertz CT molecular complexity index is 956. The van der Waals surface area contributed by atoms with Crippen molar-refractivity contribution >= 4 is 0 Å². The zero-order valence-corrected chi connectivity index (χ0v) is 14.9. The zero-order chi connectivity index (χ0) is 18.6. The minimum Gasteiger partial charge on any atom is -0.307 e. The van der Waals surface area contributed by atoms with Crippen molar-refractivity contribution in [2.45, 2.75) is 31.8 Å². The minimum atomic E-state index is -0.229. The Hall–Kier alpha value is -2.86. The highest BCUT2D eigenvalue weighted by Crippen LogP contribution is 2.31. The van der Waals surface area contributed by atoms with Crippen LogP contribution in [-0.4, -0.2) is 26.4 Å². The van der Waals surface area contributed by atoms with Gasteiger partial charge in [0.25, 0.3) is 5.56 Å². The van der Waals surface area contributed by atoms with Crippen molar-refractivity contribution in [2.75, 3.05) is 6.54 Å². The fourth-order valence-corrected chi connectivity index (χ4v) is 3.63. The first-order valence-corrected chi connectivity index (χ1v) is 9.19. The molecule has 1 N–H and O–H groups in total. The van der Waals surface area contributed by atoms with Gasteiger partial charge in [-0.1, -0.05) is 18.6 Å². The van der Waals surface area contributed by atoms with Gasteiger partial charge in [-0.2, -0.15) is 0 Å². The zero-order valence-electron chi connectivity index (χ0n) is 14.9. The van der Waals surface area contributed by atoms with Gasteiger partial charge in [-0.15, -0.1) is 0 Å². The van der Waals surface area contributed by atoms with Crippen molar-refractivity contribution in [3.05, 3.63) is 82.3 Å². The number of benzene rings is 1. The summed E-state index contributed by atoms with van der Waals surface area (Å²) in [6.07, 6.45) is 6.53. The number of aromatic amines is 1. The largest absolute Gasteiger partial charge is 0.307 e. The molecule has 0 amide bonds. The molecule has 0 bridgehead atoms. The Balaban J connectivity index is 1.64. The molecule has 0 spiro atoms. The number of piperidine rings is 1. The number of aromatic nitrogens is 3. The molecule has 0 aliphatic carbocycles. The molecule has 5 nitrogen and oxygen atoms in total. The third-order valence-corrected chi connectivity index (χ3v) is 4.97. The molecule has 0 saturated carbocycles. The Morgan fingerprint density at radius 2 is 1.89 bits per heavy atom. The average molecular weight is 364 g/mol. The highest BCUT2D eigenvalue weighted by atomic mass is 19.1. The first-order chi connectivity index (χ1) is 13.2. The molecule has 0 unspecified atom stereocenters. The summed E-state index contributed by atoms with van der Waals surface area (Å²) in [5.74, 6) is 0.333. The lowest BCUT2D eigenvalue weighted by molar-refractivity contribution is 0.137. The van der Waals surface area contributed by atoms with Gasteiger partial charge in [0, 0.05) is 30.6 Å². The predicted molar refractivity (Wildman–Crippen MR) is 101 cm³/mol. The number of hydrogen-bond donors (Lipinski definition) is 1. The summed E-state index contributed by atoms with van der Waals surface area (Å²) >= 11 is 0. The first-order valence-electron chi connectivity index (χ1n) is 9.19. The van der Waals surface area contributed by atoms with Crippen molar-refractivity contribution in [3.63, 3.8) is 0 Å². The van der Waals surface area contributed by atoms with E-state index in [4.69, 9.17) is 4.98 Å². The van der Waals surface area contributed by atoms with Crippen LogP contribution in [0.15, 0.2) is 59.7 Å². The molecule has 27 heavy (non-hydrogen) atoms. The summed E-state index contributed by atoms with van der Waals surface area (Å²) in [6, 6.07) is 11.9. The number of halogens is 1. The van der Waals surface area contributed by atoms with E-state index in [1.165, 1.54) is 12.1 Å². The van der Waals surface area contributed by atoms with Crippen molar-refractivity contribution in [3.8, 4) is 11.4 Å². The highest BCUT2D eigenvalue weighted by Gasteiger charge is 2.26. The molecule has 3 aromatic rings. The number of pyridine rings is 1. The van der Waals surface area contributed by atoms with E-state index in [9.17, 15) is 9.18 Å². The second kappa shape index (κ2) is 7.80. The molecule has 1 aromatic carbocycles. The van der Waals surface area contributed by atoms with Crippen LogP contribution in [0.1, 0.15) is 36.6 Å². The normalized spacial score (nSPS) is 17.7. The van der Waals surface area contributed by atoms with Crippen LogP contribution < -0.4 is 5.56 Å². The molecule has 3 heterocycles. The molecule has 1 saturated heterocycles. The fraction of sp³-hybridized carbons (Fsp3) is 0.286. The second-order valence-corrected chi connectivity index (χ2v) is 6.86. The van der Waals surface area contributed by atoms with Crippen LogP contribution in [0, 0.1) is 5.82 Å². The van der Waals surface area contributed by atoms with Crippen LogP contribution in [0.5, 0.6) is 0 Å². The number of likely N-dealkylation sites (tertiary alicyclic amines) is 1. The number of nitrogens with zero attached hydrogens (tertiary/aromatic N) is 3. The molecule has 1 fully saturated rings. The van der Waals surface area contributed by atoms with Crippen LogP contribution in [0.4, 0.5) is 4.39 Å². The summed E-state index contributed by atoms with van der Waals surface area (Å²) in [7, 11) is 0. The van der Waals surface area contributed by atoms with Gasteiger partial charge in [0.2, 0.25) is 0 Å². The number of hydrogen-bond acceptors (Lipinski definition) is 4. The monoisotopic (exact) mass is 364 g/mol. The van der Waals surface area contributed by atoms with Gasteiger partial charge in [0.15, 0.2) is 0 Å². The summed E-state index contributed by atoms with van der Waals surface area (Å²) in [4.78, 5) is 26.2. The lowest BCUT2D eigenvalue weighted by atomic mass is 9.98. The molecule has 0 radical (unpaired) electrons. The quantitative estimate of drug-likeness (QED) is 0.767. The number of nitrogens with one attached hydrogen (secondary N) is 1. The van der Waals surface area contributed by atoms with Gasteiger partial charge in [-0.3, -0.25) is 14.7 Å². The van der Waals surface area contributed by atoms with Crippen LogP contribution in [0.25, 0.3) is 11.4 Å². The fourth-order valence-electron chi connectivity index (χ4n) is 3.63. The lowest BCUT2D eigenvalue weighted by Crippen LogP contribution is -2.34. The van der Waals surface area contributed by atoms with Crippen molar-refractivity contribution in [1.29, 1.82) is 0 Å². The van der Waals surface area contributed by atoms with Gasteiger partial charge < -0.3 is 4.98 Å². The van der Waals surface area contributed by atoms with Crippen molar-refractivity contribution < 1.29 is 4.39 Å². The predicted octanol–water partition coefficient (Wildman–Crippen LogP) is 3.70. The standard InChI is InChI=1S/C21H21FN4O/c22-17-6-4-15(5-7-17)14-26-12-2-1-3-19(26)18-13-20(27)25-21(24-18)16-8-10-23-11-9-16/h4-11,13,19H,1-3,12,14H2,(H,24,25,27)/t19-/m1/s1. The van der Waals surface area contributed by atoms with Crippen LogP contribution in [0.3, 0.4) is 0 Å². The topological polar surface area (TPSA) is 61.9 Å². The van der Waals surface area contributed by atoms with Crippen molar-refractivity contribution in [1.82, 2.24) is 19.9 Å². The van der Waals surface area contributed by atoms with E-state index >= 15 is 0 Å². The van der Waals surface area contributed by atoms with Gasteiger partial charge >= 0.3 is 0 Å². The molecule has 138 valence electrons. The van der Waals surface area contributed by atoms with Gasteiger partial charge in [0.05, 0.1) is 11.7 Å². The summed E-state index contributed by atoms with van der Waals surface area (Å²) < 4.78 is 13.2. The van der Waals surface area contributed by atoms with E-state index < -0.39 is 0 Å². The Morgan fingerprint density at radius 1 is 1.11 bits per heavy atom. The first kappa shape index (κ1) is 17.5. The third kappa shape index (κ3) is 4.11. The smallest absolute Gasteiger partial charge is 0.251 e. The van der Waals surface area contributed by atoms with Crippen molar-refractivity contribution in [2.24, 2.45) is 0 Å². The maximum Gasteiger partial charge on any atom is 0.251 e. The molecule has 4 rings (SSSR count). The van der Waals surface area contributed by atoms with E-state index in [1.54, 1.807) is 18.5 Å². The minimum absolute atomic E-state index is 0.0756. The number of rotatable bonds is 4. The van der Waals surface area contributed by atoms with Crippen LogP contribution in [-0.2, 0) is 6.54 Å². The Labute approximate surface area is 156 Å². The molecule has 1 aliphatic heterocycles. The highest BCUT2D eigenvalue weighted by molar-refractivity contribution is 5.53. The van der Waals surface area contributed by atoms with Gasteiger partial charge in [-0.05, 0) is 49.2 Å². The molecular weight excluding hydrogens is 343 g/mol. The van der Waals surface area contributed by atoms with Crippen LogP contribution in [0.2, 0.25) is 0 Å². The second-order valence-electron chi connectivity index (χ2n) is 6.86. The summed E-state index contributed by atoms with van der Waals surface area (Å²) in [6.45, 7) is 1.64. The molecule has 6 heteroatoms. The van der Waals surface area contributed by atoms with E-state index in [2.05, 4.69) is 14.9 Å². The molecule has 2 aromatic heterocycles. The SMILES string of the molecule is O=c1cc([C@H]2CCCCN2Cc2ccc(F)cc2)nc(-c2ccncc2)[nH]1. The maximum atomic E-state index is 13.2. The third-order valence-electron chi connectivity index (χ3n) is 4.97. The maximum absolute atomic E-state index is 13.2. The van der Waals surface area contributed by atoms with Gasteiger partial charge in [0.1, 0.15) is 11.6 Å². The lowest BCUT2D eigenvalue weighted by Gasteiger charge is -2.35. The van der Waals surface area contributed by atoms with E-state index in [-0.39, 0.29) is 17.4 Å². The molecular formula is C21H21FN4O. The Kier molecular flexibility index (Phi) is 5.07. The van der Waals surface area contributed by atoms with Gasteiger partial charge in [-0.25, -0.2) is 9.37 Å². The summed E-state index contributed by atoms with van der Waals surface area (Å²) in [5, 5.41) is 0. The average Bonchev–Trinajstić information content (AvgIpc) is 2.70. The summed E-state index contributed by atoms with van der Waals surface area (Å²) in [5.41, 5.74) is 2.53. The van der Waals surface area contributed by atoms with E-state index in [0.29, 0.717) is 12.4 Å². The van der Waals surface area contributed by atoms with E-state index in [1.807, 2.05) is 24.3 Å². The van der Waals surface area contributed by atoms with E-state index in [0.717, 1.165) is 42.6 Å². The number of H-pyrrole nitrogens is 1. The van der Waals surface area contributed by atoms with Crippen LogP contribution >= 0.6 is 0 Å². The molecule has 1 atom stereocenters. The molecule has 1 aliphatic rings. The Morgan fingerprint density at radius 3 is 2.67 bits per heavy atom.